The number of rotatable bonds is 4. The van der Waals surface area contributed by atoms with Gasteiger partial charge in [0.15, 0.2) is 0 Å². The molecule has 0 aliphatic carbocycles. The smallest absolute Gasteiger partial charge is 0.257 e. The van der Waals surface area contributed by atoms with Crippen molar-refractivity contribution in [1.82, 2.24) is 0 Å². The molecule has 0 unspecified atom stereocenters. The van der Waals surface area contributed by atoms with E-state index in [1.165, 1.54) is 13.2 Å². The van der Waals surface area contributed by atoms with Gasteiger partial charge in [-0.05, 0) is 30.3 Å². The molecule has 2 aromatic carbocycles. The largest absolute Gasteiger partial charge is 0.496 e. The summed E-state index contributed by atoms with van der Waals surface area (Å²) in [5.74, 6) is -0.826. The number of halogens is 3. The summed E-state index contributed by atoms with van der Waals surface area (Å²) >= 11 is 11.5. The lowest BCUT2D eigenvalue weighted by Gasteiger charge is -2.11. The van der Waals surface area contributed by atoms with E-state index < -0.39 is 11.7 Å². The quantitative estimate of drug-likeness (QED) is 0.828. The van der Waals surface area contributed by atoms with Gasteiger partial charge in [-0.1, -0.05) is 23.2 Å². The number of ether oxygens (including phenoxy) is 1. The first-order chi connectivity index (χ1) is 10.5. The molecule has 0 aliphatic heterocycles. The van der Waals surface area contributed by atoms with Crippen molar-refractivity contribution in [3.05, 3.63) is 57.3 Å². The molecule has 0 spiro atoms. The van der Waals surface area contributed by atoms with E-state index in [-0.39, 0.29) is 22.2 Å². The lowest BCUT2D eigenvalue weighted by Crippen LogP contribution is -2.13. The first-order valence-electron chi connectivity index (χ1n) is 6.20. The molecule has 0 aromatic heterocycles. The Morgan fingerprint density at radius 2 is 2.00 bits per heavy atom. The van der Waals surface area contributed by atoms with Crippen LogP contribution in [0.2, 0.25) is 10.0 Å². The summed E-state index contributed by atoms with van der Waals surface area (Å²) in [6.45, 7) is -0.247. The fourth-order valence-corrected chi connectivity index (χ4v) is 2.34. The van der Waals surface area contributed by atoms with Gasteiger partial charge in [0.1, 0.15) is 11.6 Å². The summed E-state index contributed by atoms with van der Waals surface area (Å²) in [5.41, 5.74) is 0.889. The van der Waals surface area contributed by atoms with E-state index in [9.17, 15) is 14.3 Å². The van der Waals surface area contributed by atoms with Crippen molar-refractivity contribution >= 4 is 34.8 Å². The number of aliphatic hydroxyl groups excluding tert-OH is 1. The molecule has 7 heteroatoms. The Balaban J connectivity index is 2.27. The molecule has 2 rings (SSSR count). The van der Waals surface area contributed by atoms with Crippen LogP contribution in [-0.2, 0) is 6.61 Å². The normalized spacial score (nSPS) is 10.4. The zero-order valence-corrected chi connectivity index (χ0v) is 13.0. The van der Waals surface area contributed by atoms with Crippen LogP contribution in [0.1, 0.15) is 15.9 Å². The van der Waals surface area contributed by atoms with Crippen molar-refractivity contribution in [2.75, 3.05) is 12.4 Å². The third kappa shape index (κ3) is 3.50. The fraction of sp³-hybridized carbons (Fsp3) is 0.133. The minimum Gasteiger partial charge on any atom is -0.496 e. The van der Waals surface area contributed by atoms with Gasteiger partial charge in [-0.25, -0.2) is 4.39 Å². The fourth-order valence-electron chi connectivity index (χ4n) is 1.87. The minimum atomic E-state index is -0.734. The zero-order chi connectivity index (χ0) is 16.3. The van der Waals surface area contributed by atoms with Crippen molar-refractivity contribution in [3.8, 4) is 5.75 Å². The standard InChI is InChI=1S/C15H12Cl2FNO3/c1-22-14-3-2-9(4-8(14)7-20)19-15(21)10-5-13(18)12(17)6-11(10)16/h2-6,20H,7H2,1H3,(H,19,21). The van der Waals surface area contributed by atoms with Crippen LogP contribution in [-0.4, -0.2) is 18.1 Å². The molecule has 0 saturated heterocycles. The third-order valence-electron chi connectivity index (χ3n) is 2.96. The van der Waals surface area contributed by atoms with Crippen molar-refractivity contribution in [1.29, 1.82) is 0 Å². The maximum absolute atomic E-state index is 13.5. The first kappa shape index (κ1) is 16.5. The highest BCUT2D eigenvalue weighted by molar-refractivity contribution is 6.37. The van der Waals surface area contributed by atoms with Crippen molar-refractivity contribution in [3.63, 3.8) is 0 Å². The van der Waals surface area contributed by atoms with E-state index in [0.29, 0.717) is 17.0 Å². The molecule has 116 valence electrons. The Morgan fingerprint density at radius 3 is 2.64 bits per heavy atom. The van der Waals surface area contributed by atoms with Crippen LogP contribution in [0.3, 0.4) is 0 Å². The number of nitrogens with one attached hydrogen (secondary N) is 1. The summed E-state index contributed by atoms with van der Waals surface area (Å²) in [7, 11) is 1.48. The van der Waals surface area contributed by atoms with Crippen LogP contribution in [0.15, 0.2) is 30.3 Å². The molecule has 2 aromatic rings. The number of methoxy groups -OCH3 is 1. The minimum absolute atomic E-state index is 0.0371. The number of carbonyl (C=O) groups is 1. The topological polar surface area (TPSA) is 58.6 Å². The van der Waals surface area contributed by atoms with E-state index in [0.717, 1.165) is 6.07 Å². The van der Waals surface area contributed by atoms with Gasteiger partial charge in [0.2, 0.25) is 0 Å². The predicted octanol–water partition coefficient (Wildman–Crippen LogP) is 3.89. The summed E-state index contributed by atoms with van der Waals surface area (Å²) in [6.07, 6.45) is 0. The Hall–Kier alpha value is -1.82. The number of hydrogen-bond acceptors (Lipinski definition) is 3. The average molecular weight is 344 g/mol. The SMILES string of the molecule is COc1ccc(NC(=O)c2cc(F)c(Cl)cc2Cl)cc1CO. The predicted molar refractivity (Wildman–Crippen MR) is 83.3 cm³/mol. The number of anilines is 1. The monoisotopic (exact) mass is 343 g/mol. The molecular formula is C15H12Cl2FNO3. The van der Waals surface area contributed by atoms with E-state index in [1.807, 2.05) is 0 Å². The number of carbonyl (C=O) groups excluding carboxylic acids is 1. The van der Waals surface area contributed by atoms with Crippen LogP contribution in [0.25, 0.3) is 0 Å². The third-order valence-corrected chi connectivity index (χ3v) is 3.57. The summed E-state index contributed by atoms with van der Waals surface area (Å²) in [6, 6.07) is 6.88. The second-order valence-electron chi connectivity index (χ2n) is 4.39. The van der Waals surface area contributed by atoms with Gasteiger partial charge in [0, 0.05) is 11.3 Å². The molecule has 4 nitrogen and oxygen atoms in total. The highest BCUT2D eigenvalue weighted by Crippen LogP contribution is 2.26. The second-order valence-corrected chi connectivity index (χ2v) is 5.20. The van der Waals surface area contributed by atoms with Crippen LogP contribution in [0, 0.1) is 5.82 Å². The van der Waals surface area contributed by atoms with E-state index in [4.69, 9.17) is 27.9 Å². The van der Waals surface area contributed by atoms with Crippen molar-refractivity contribution in [2.45, 2.75) is 6.61 Å². The number of aliphatic hydroxyl groups is 1. The average Bonchev–Trinajstić information content (AvgIpc) is 2.50. The van der Waals surface area contributed by atoms with Gasteiger partial charge in [-0.15, -0.1) is 0 Å². The molecule has 0 atom stereocenters. The van der Waals surface area contributed by atoms with Crippen LogP contribution in [0.4, 0.5) is 10.1 Å². The lowest BCUT2D eigenvalue weighted by molar-refractivity contribution is 0.102. The Kier molecular flexibility index (Phi) is 5.24. The van der Waals surface area contributed by atoms with Gasteiger partial charge in [0.25, 0.3) is 5.91 Å². The Labute approximate surface area is 136 Å². The zero-order valence-electron chi connectivity index (χ0n) is 11.5. The van der Waals surface area contributed by atoms with Gasteiger partial charge in [-0.3, -0.25) is 4.79 Å². The molecule has 0 aliphatic rings. The number of amides is 1. The Bertz CT molecular complexity index is 722. The molecule has 0 heterocycles. The molecule has 2 N–H and O–H groups in total. The molecule has 0 fully saturated rings. The van der Waals surface area contributed by atoms with Crippen LogP contribution >= 0.6 is 23.2 Å². The number of hydrogen-bond donors (Lipinski definition) is 2. The Morgan fingerprint density at radius 1 is 1.27 bits per heavy atom. The molecule has 0 radical (unpaired) electrons. The summed E-state index contributed by atoms with van der Waals surface area (Å²) in [5, 5.41) is 11.7. The molecule has 22 heavy (non-hydrogen) atoms. The van der Waals surface area contributed by atoms with Gasteiger partial charge in [-0.2, -0.15) is 0 Å². The van der Waals surface area contributed by atoms with E-state index in [2.05, 4.69) is 5.32 Å². The molecule has 0 saturated carbocycles. The van der Waals surface area contributed by atoms with E-state index in [1.54, 1.807) is 18.2 Å². The van der Waals surface area contributed by atoms with Crippen molar-refractivity contribution < 1.29 is 19.0 Å². The summed E-state index contributed by atoms with van der Waals surface area (Å²) in [4.78, 5) is 12.2. The van der Waals surface area contributed by atoms with Crippen LogP contribution < -0.4 is 10.1 Å². The molecule has 1 amide bonds. The first-order valence-corrected chi connectivity index (χ1v) is 6.95. The maximum atomic E-state index is 13.5. The lowest BCUT2D eigenvalue weighted by atomic mass is 10.1. The highest BCUT2D eigenvalue weighted by Gasteiger charge is 2.15. The van der Waals surface area contributed by atoms with Crippen molar-refractivity contribution in [2.24, 2.45) is 0 Å². The number of benzene rings is 2. The van der Waals surface area contributed by atoms with Gasteiger partial charge in [0.05, 0.1) is 29.3 Å². The second kappa shape index (κ2) is 6.96. The van der Waals surface area contributed by atoms with Gasteiger partial charge < -0.3 is 15.2 Å². The van der Waals surface area contributed by atoms with E-state index >= 15 is 0 Å². The molecular weight excluding hydrogens is 332 g/mol. The summed E-state index contributed by atoms with van der Waals surface area (Å²) < 4.78 is 18.5. The molecule has 0 bridgehead atoms. The maximum Gasteiger partial charge on any atom is 0.257 e. The van der Waals surface area contributed by atoms with Crippen LogP contribution in [0.5, 0.6) is 5.75 Å². The highest BCUT2D eigenvalue weighted by atomic mass is 35.5. The van der Waals surface area contributed by atoms with Gasteiger partial charge >= 0.3 is 0 Å².